The summed E-state index contributed by atoms with van der Waals surface area (Å²) in [6.07, 6.45) is 1.64. The van der Waals surface area contributed by atoms with E-state index in [4.69, 9.17) is 9.84 Å². The van der Waals surface area contributed by atoms with Crippen molar-refractivity contribution >= 4 is 17.7 Å². The summed E-state index contributed by atoms with van der Waals surface area (Å²) in [6.45, 7) is 1.10. The maximum Gasteiger partial charge on any atom is 0.354 e. The predicted molar refractivity (Wildman–Crippen MR) is 63.4 cm³/mol. The van der Waals surface area contributed by atoms with Crippen LogP contribution in [0.25, 0.3) is 0 Å². The number of rotatable bonds is 3. The molecular formula is C12H14N2O4. The molecule has 96 valence electrons. The Hall–Kier alpha value is -1.95. The molecule has 1 atom stereocenters. The lowest BCUT2D eigenvalue weighted by atomic mass is 10.0. The molecule has 1 aromatic rings. The molecule has 0 aromatic carbocycles. The number of carbonyl (C=O) groups excluding carboxylic acids is 1. The molecule has 1 aliphatic heterocycles. The van der Waals surface area contributed by atoms with E-state index in [1.54, 1.807) is 12.1 Å². The smallest absolute Gasteiger partial charge is 0.354 e. The molecule has 1 amide bonds. The summed E-state index contributed by atoms with van der Waals surface area (Å²) in [6, 6.07) is 4.49. The lowest BCUT2D eigenvalue weighted by molar-refractivity contribution is -0.123. The minimum absolute atomic E-state index is 0.0901. The van der Waals surface area contributed by atoms with Gasteiger partial charge in [-0.15, -0.1) is 0 Å². The Morgan fingerprint density at radius 1 is 1.44 bits per heavy atom. The second-order valence-electron chi connectivity index (χ2n) is 4.12. The highest BCUT2D eigenvalue weighted by atomic mass is 16.5. The summed E-state index contributed by atoms with van der Waals surface area (Å²) in [4.78, 5) is 26.5. The monoisotopic (exact) mass is 250 g/mol. The summed E-state index contributed by atoms with van der Waals surface area (Å²) in [5.74, 6) is -1.23. The Labute approximate surface area is 104 Å². The van der Waals surface area contributed by atoms with Crippen molar-refractivity contribution in [2.45, 2.75) is 12.8 Å². The number of carboxylic acid groups (broad SMARTS) is 1. The van der Waals surface area contributed by atoms with E-state index < -0.39 is 5.97 Å². The normalized spacial score (nSPS) is 19.2. The van der Waals surface area contributed by atoms with Crippen LogP contribution in [0.4, 0.5) is 5.82 Å². The van der Waals surface area contributed by atoms with Crippen LogP contribution in [0.2, 0.25) is 0 Å². The van der Waals surface area contributed by atoms with Crippen molar-refractivity contribution in [3.63, 3.8) is 0 Å². The Bertz CT molecular complexity index is 455. The van der Waals surface area contributed by atoms with Crippen LogP contribution >= 0.6 is 0 Å². The first kappa shape index (κ1) is 12.5. The standard InChI is InChI=1S/C12H14N2O4/c15-11(8-3-2-6-18-7-8)14-10-5-1-4-9(13-10)12(16)17/h1,4-5,8H,2-3,6-7H2,(H,16,17)(H,13,14,15). The third kappa shape index (κ3) is 3.04. The first-order valence-electron chi connectivity index (χ1n) is 5.76. The molecule has 6 heteroatoms. The number of aromatic carboxylic acids is 1. The Kier molecular flexibility index (Phi) is 3.88. The van der Waals surface area contributed by atoms with E-state index in [9.17, 15) is 9.59 Å². The average Bonchev–Trinajstić information content (AvgIpc) is 2.40. The Morgan fingerprint density at radius 2 is 2.28 bits per heavy atom. The number of pyridine rings is 1. The quantitative estimate of drug-likeness (QED) is 0.839. The number of hydrogen-bond acceptors (Lipinski definition) is 4. The van der Waals surface area contributed by atoms with Crippen LogP contribution < -0.4 is 5.32 Å². The van der Waals surface area contributed by atoms with Crippen LogP contribution in [0, 0.1) is 5.92 Å². The summed E-state index contributed by atoms with van der Waals surface area (Å²) >= 11 is 0. The van der Waals surface area contributed by atoms with Gasteiger partial charge in [0.05, 0.1) is 12.5 Å². The zero-order valence-electron chi connectivity index (χ0n) is 9.76. The number of nitrogens with one attached hydrogen (secondary N) is 1. The molecule has 1 unspecified atom stereocenters. The molecule has 1 aromatic heterocycles. The minimum atomic E-state index is -1.12. The number of carbonyl (C=O) groups is 2. The highest BCUT2D eigenvalue weighted by Gasteiger charge is 2.22. The van der Waals surface area contributed by atoms with Crippen molar-refractivity contribution in [3.8, 4) is 0 Å². The molecule has 18 heavy (non-hydrogen) atoms. The van der Waals surface area contributed by atoms with Gasteiger partial charge in [0.15, 0.2) is 5.69 Å². The van der Waals surface area contributed by atoms with Crippen molar-refractivity contribution in [1.29, 1.82) is 0 Å². The predicted octanol–water partition coefficient (Wildman–Crippen LogP) is 1.14. The maximum atomic E-state index is 11.9. The maximum absolute atomic E-state index is 11.9. The third-order valence-corrected chi connectivity index (χ3v) is 2.75. The Balaban J connectivity index is 2.02. The fourth-order valence-electron chi connectivity index (χ4n) is 1.80. The summed E-state index contributed by atoms with van der Waals surface area (Å²) in [5.41, 5.74) is -0.0901. The fraction of sp³-hybridized carbons (Fsp3) is 0.417. The van der Waals surface area contributed by atoms with Gasteiger partial charge in [-0.2, -0.15) is 0 Å². The zero-order chi connectivity index (χ0) is 13.0. The van der Waals surface area contributed by atoms with Gasteiger partial charge >= 0.3 is 5.97 Å². The van der Waals surface area contributed by atoms with E-state index in [2.05, 4.69) is 10.3 Å². The number of carboxylic acids is 1. The van der Waals surface area contributed by atoms with Crippen molar-refractivity contribution in [3.05, 3.63) is 23.9 Å². The van der Waals surface area contributed by atoms with E-state index in [1.807, 2.05) is 0 Å². The second kappa shape index (κ2) is 5.59. The van der Waals surface area contributed by atoms with Gasteiger partial charge in [0.2, 0.25) is 5.91 Å². The number of nitrogens with zero attached hydrogens (tertiary/aromatic N) is 1. The van der Waals surface area contributed by atoms with E-state index in [1.165, 1.54) is 6.07 Å². The minimum Gasteiger partial charge on any atom is -0.477 e. The zero-order valence-corrected chi connectivity index (χ0v) is 9.76. The highest BCUT2D eigenvalue weighted by Crippen LogP contribution is 2.15. The molecule has 1 fully saturated rings. The Morgan fingerprint density at radius 3 is 2.94 bits per heavy atom. The molecule has 2 N–H and O–H groups in total. The molecule has 0 radical (unpaired) electrons. The largest absolute Gasteiger partial charge is 0.477 e. The lowest BCUT2D eigenvalue weighted by Gasteiger charge is -2.20. The fourth-order valence-corrected chi connectivity index (χ4v) is 1.80. The van der Waals surface area contributed by atoms with Gasteiger partial charge in [-0.3, -0.25) is 4.79 Å². The van der Waals surface area contributed by atoms with Crippen LogP contribution in [0.5, 0.6) is 0 Å². The van der Waals surface area contributed by atoms with Gasteiger partial charge in [-0.25, -0.2) is 9.78 Å². The molecule has 0 aliphatic carbocycles. The topological polar surface area (TPSA) is 88.5 Å². The summed E-state index contributed by atoms with van der Waals surface area (Å²) in [7, 11) is 0. The molecule has 6 nitrogen and oxygen atoms in total. The van der Waals surface area contributed by atoms with Crippen LogP contribution in [0.15, 0.2) is 18.2 Å². The molecule has 2 rings (SSSR count). The van der Waals surface area contributed by atoms with E-state index in [-0.39, 0.29) is 23.3 Å². The molecule has 1 saturated heterocycles. The first-order chi connectivity index (χ1) is 8.66. The van der Waals surface area contributed by atoms with E-state index >= 15 is 0 Å². The molecule has 0 spiro atoms. The number of hydrogen-bond donors (Lipinski definition) is 2. The first-order valence-corrected chi connectivity index (χ1v) is 5.76. The highest BCUT2D eigenvalue weighted by molar-refractivity contribution is 5.92. The van der Waals surface area contributed by atoms with Crippen LogP contribution in [-0.4, -0.2) is 35.2 Å². The van der Waals surface area contributed by atoms with Gasteiger partial charge in [-0.1, -0.05) is 6.07 Å². The van der Waals surface area contributed by atoms with Crippen molar-refractivity contribution < 1.29 is 19.4 Å². The third-order valence-electron chi connectivity index (χ3n) is 2.75. The number of anilines is 1. The number of ether oxygens (including phenoxy) is 1. The number of amides is 1. The average molecular weight is 250 g/mol. The molecule has 0 saturated carbocycles. The molecule has 1 aliphatic rings. The number of aromatic nitrogens is 1. The van der Waals surface area contributed by atoms with Crippen LogP contribution in [-0.2, 0) is 9.53 Å². The van der Waals surface area contributed by atoms with Gasteiger partial charge in [0.25, 0.3) is 0 Å². The van der Waals surface area contributed by atoms with E-state index in [0.29, 0.717) is 13.2 Å². The SMILES string of the molecule is O=C(O)c1cccc(NC(=O)C2CCCOC2)n1. The molecule has 2 heterocycles. The molecular weight excluding hydrogens is 236 g/mol. The molecule has 0 bridgehead atoms. The van der Waals surface area contributed by atoms with Crippen LogP contribution in [0.1, 0.15) is 23.3 Å². The van der Waals surface area contributed by atoms with Crippen LogP contribution in [0.3, 0.4) is 0 Å². The lowest BCUT2D eigenvalue weighted by Crippen LogP contribution is -2.30. The van der Waals surface area contributed by atoms with Crippen molar-refractivity contribution in [1.82, 2.24) is 4.98 Å². The van der Waals surface area contributed by atoms with Crippen molar-refractivity contribution in [2.75, 3.05) is 18.5 Å². The summed E-state index contributed by atoms with van der Waals surface area (Å²) in [5, 5.41) is 11.4. The van der Waals surface area contributed by atoms with Gasteiger partial charge in [0, 0.05) is 6.61 Å². The van der Waals surface area contributed by atoms with Gasteiger partial charge < -0.3 is 15.2 Å². The second-order valence-corrected chi connectivity index (χ2v) is 4.12. The van der Waals surface area contributed by atoms with Gasteiger partial charge in [0.1, 0.15) is 5.82 Å². The van der Waals surface area contributed by atoms with Crippen molar-refractivity contribution in [2.24, 2.45) is 5.92 Å². The van der Waals surface area contributed by atoms with E-state index in [0.717, 1.165) is 12.8 Å². The van der Waals surface area contributed by atoms with Gasteiger partial charge in [-0.05, 0) is 25.0 Å². The summed E-state index contributed by atoms with van der Waals surface area (Å²) < 4.78 is 5.23.